The highest BCUT2D eigenvalue weighted by atomic mass is 35.5. The van der Waals surface area contributed by atoms with Gasteiger partial charge in [0.15, 0.2) is 12.1 Å². The first-order valence-electron chi connectivity index (χ1n) is 10.8. The van der Waals surface area contributed by atoms with E-state index in [9.17, 15) is 23.1 Å². The van der Waals surface area contributed by atoms with Crippen molar-refractivity contribution < 1.29 is 27.9 Å². The van der Waals surface area contributed by atoms with Crippen molar-refractivity contribution in [3.05, 3.63) is 63.6 Å². The maximum absolute atomic E-state index is 14.0. The summed E-state index contributed by atoms with van der Waals surface area (Å²) in [6, 6.07) is 9.94. The summed E-state index contributed by atoms with van der Waals surface area (Å²) in [5.41, 5.74) is 1.09. The third kappa shape index (κ3) is 5.98. The van der Waals surface area contributed by atoms with Crippen LogP contribution >= 0.6 is 23.2 Å². The highest BCUT2D eigenvalue weighted by Crippen LogP contribution is 2.43. The minimum absolute atomic E-state index is 0.213. The molecule has 0 radical (unpaired) electrons. The maximum Gasteiger partial charge on any atom is 0.325 e. The van der Waals surface area contributed by atoms with Crippen molar-refractivity contribution in [2.75, 3.05) is 24.7 Å². The summed E-state index contributed by atoms with van der Waals surface area (Å²) in [7, 11) is -2.88. The normalized spacial score (nSPS) is 19.9. The van der Waals surface area contributed by atoms with Crippen LogP contribution in [-0.2, 0) is 24.3 Å². The number of ether oxygens (including phenoxy) is 1. The summed E-state index contributed by atoms with van der Waals surface area (Å²) in [4.78, 5) is 27.8. The fraction of sp³-hybridized carbons (Fsp3) is 0.417. The van der Waals surface area contributed by atoms with Gasteiger partial charge in [0.25, 0.3) is 5.91 Å². The predicted molar refractivity (Wildman–Crippen MR) is 135 cm³/mol. The lowest BCUT2D eigenvalue weighted by Crippen LogP contribution is -2.57. The first-order valence-corrected chi connectivity index (χ1v) is 13.4. The molecule has 0 aliphatic carbocycles. The smallest absolute Gasteiger partial charge is 0.325 e. The standard InChI is InChI=1S/C24H28Cl2N2O6S/c1-24(2,3)13-28-18-11-10-14(25)12-16(18)20(15-8-6-7-9-17(15)26)34-21(22(28)29)19(23(30)31)27(4)35(5,32)33/h6-12,19-21H,13H2,1-5H3,(H,30,31). The molecule has 8 nitrogen and oxygen atoms in total. The first kappa shape index (κ1) is 27.4. The number of carbonyl (C=O) groups is 2. The molecular weight excluding hydrogens is 515 g/mol. The Morgan fingerprint density at radius 1 is 1.17 bits per heavy atom. The molecular formula is C24H28Cl2N2O6S. The monoisotopic (exact) mass is 542 g/mol. The number of amides is 1. The van der Waals surface area contributed by atoms with Crippen LogP contribution in [0.3, 0.4) is 0 Å². The molecule has 1 heterocycles. The average molecular weight is 543 g/mol. The number of hydrogen-bond donors (Lipinski definition) is 1. The second-order valence-corrected chi connectivity index (χ2v) is 12.6. The van der Waals surface area contributed by atoms with Crippen molar-refractivity contribution in [3.63, 3.8) is 0 Å². The number of aliphatic carboxylic acids is 1. The SMILES string of the molecule is CN(C(C(=O)O)C1OC(c2ccccc2Cl)c2cc(Cl)ccc2N(CC(C)(C)C)C1=O)S(C)(=O)=O. The lowest BCUT2D eigenvalue weighted by Gasteiger charge is -2.34. The molecule has 3 rings (SSSR count). The highest BCUT2D eigenvalue weighted by molar-refractivity contribution is 7.88. The molecule has 3 unspecified atom stereocenters. The van der Waals surface area contributed by atoms with Gasteiger partial charge in [0, 0.05) is 40.5 Å². The lowest BCUT2D eigenvalue weighted by atomic mass is 9.94. The van der Waals surface area contributed by atoms with Crippen molar-refractivity contribution >= 4 is 50.8 Å². The van der Waals surface area contributed by atoms with Crippen molar-refractivity contribution in [1.29, 1.82) is 0 Å². The van der Waals surface area contributed by atoms with E-state index in [1.807, 2.05) is 20.8 Å². The number of sulfonamides is 1. The molecule has 0 saturated carbocycles. The van der Waals surface area contributed by atoms with E-state index in [0.29, 0.717) is 31.2 Å². The molecule has 0 saturated heterocycles. The molecule has 3 atom stereocenters. The summed E-state index contributed by atoms with van der Waals surface area (Å²) in [6.45, 7) is 6.00. The number of nitrogens with zero attached hydrogens (tertiary/aromatic N) is 2. The highest BCUT2D eigenvalue weighted by Gasteiger charge is 2.48. The topological polar surface area (TPSA) is 104 Å². The Labute approximate surface area is 215 Å². The van der Waals surface area contributed by atoms with E-state index in [-0.39, 0.29) is 12.0 Å². The second kappa shape index (κ2) is 10.1. The number of hydrogen-bond acceptors (Lipinski definition) is 5. The number of carboxylic acids is 1. The van der Waals surface area contributed by atoms with Gasteiger partial charge in [0.2, 0.25) is 10.0 Å². The zero-order valence-corrected chi connectivity index (χ0v) is 22.4. The van der Waals surface area contributed by atoms with E-state index in [4.69, 9.17) is 27.9 Å². The van der Waals surface area contributed by atoms with E-state index >= 15 is 0 Å². The van der Waals surface area contributed by atoms with Crippen molar-refractivity contribution in [2.24, 2.45) is 5.41 Å². The molecule has 1 aliphatic heterocycles. The number of rotatable bonds is 6. The Hall–Kier alpha value is -2.17. The third-order valence-electron chi connectivity index (χ3n) is 5.63. The molecule has 1 amide bonds. The molecule has 0 spiro atoms. The van der Waals surface area contributed by atoms with Gasteiger partial charge in [-0.15, -0.1) is 0 Å². The summed E-state index contributed by atoms with van der Waals surface area (Å²) < 4.78 is 31.5. The fourth-order valence-corrected chi connectivity index (χ4v) is 5.02. The van der Waals surface area contributed by atoms with E-state index in [0.717, 1.165) is 13.3 Å². The molecule has 0 aromatic heterocycles. The van der Waals surface area contributed by atoms with Crippen LogP contribution < -0.4 is 4.90 Å². The van der Waals surface area contributed by atoms with Gasteiger partial charge < -0.3 is 14.7 Å². The van der Waals surface area contributed by atoms with E-state index in [2.05, 4.69) is 0 Å². The van der Waals surface area contributed by atoms with Gasteiger partial charge in [-0.2, -0.15) is 4.31 Å². The molecule has 0 bridgehead atoms. The van der Waals surface area contributed by atoms with Crippen LogP contribution in [0.4, 0.5) is 5.69 Å². The van der Waals surface area contributed by atoms with Gasteiger partial charge >= 0.3 is 5.97 Å². The number of halogens is 2. The Morgan fingerprint density at radius 2 is 1.80 bits per heavy atom. The van der Waals surface area contributed by atoms with E-state index < -0.39 is 40.1 Å². The number of likely N-dealkylation sites (N-methyl/N-ethyl adjacent to an activating group) is 1. The summed E-state index contributed by atoms with van der Waals surface area (Å²) in [5, 5.41) is 10.8. The zero-order valence-electron chi connectivity index (χ0n) is 20.0. The minimum atomic E-state index is -3.99. The van der Waals surface area contributed by atoms with Gasteiger partial charge in [0.1, 0.15) is 6.10 Å². The first-order chi connectivity index (χ1) is 16.1. The summed E-state index contributed by atoms with van der Waals surface area (Å²) in [5.74, 6) is -2.20. The molecule has 35 heavy (non-hydrogen) atoms. The van der Waals surface area contributed by atoms with Gasteiger partial charge in [0.05, 0.1) is 6.26 Å². The van der Waals surface area contributed by atoms with Crippen molar-refractivity contribution in [1.82, 2.24) is 4.31 Å². The molecule has 190 valence electrons. The largest absolute Gasteiger partial charge is 0.480 e. The van der Waals surface area contributed by atoms with Gasteiger partial charge in [-0.25, -0.2) is 8.42 Å². The molecule has 1 aliphatic rings. The van der Waals surface area contributed by atoms with Gasteiger partial charge in [-0.05, 0) is 29.7 Å². The minimum Gasteiger partial charge on any atom is -0.480 e. The van der Waals surface area contributed by atoms with Crippen molar-refractivity contribution in [2.45, 2.75) is 39.0 Å². The van der Waals surface area contributed by atoms with E-state index in [1.54, 1.807) is 42.5 Å². The molecule has 2 aromatic rings. The van der Waals surface area contributed by atoms with Crippen LogP contribution in [0.15, 0.2) is 42.5 Å². The Balaban J connectivity index is 2.32. The zero-order chi connectivity index (χ0) is 26.3. The van der Waals surface area contributed by atoms with Crippen molar-refractivity contribution in [3.8, 4) is 0 Å². The van der Waals surface area contributed by atoms with Crippen LogP contribution in [0, 0.1) is 5.41 Å². The van der Waals surface area contributed by atoms with E-state index in [1.165, 1.54) is 4.90 Å². The summed E-state index contributed by atoms with van der Waals surface area (Å²) >= 11 is 12.8. The van der Waals surface area contributed by atoms with Crippen LogP contribution in [0.25, 0.3) is 0 Å². The van der Waals surface area contributed by atoms with Crippen LogP contribution in [0.1, 0.15) is 38.0 Å². The third-order valence-corrected chi connectivity index (χ3v) is 7.48. The van der Waals surface area contributed by atoms with Gasteiger partial charge in [-0.3, -0.25) is 9.59 Å². The second-order valence-electron chi connectivity index (χ2n) is 9.71. The lowest BCUT2D eigenvalue weighted by molar-refractivity contribution is -0.154. The molecule has 0 fully saturated rings. The maximum atomic E-state index is 14.0. The average Bonchev–Trinajstić information content (AvgIpc) is 2.83. The molecule has 1 N–H and O–H groups in total. The number of carbonyl (C=O) groups excluding carboxylic acids is 1. The van der Waals surface area contributed by atoms with Crippen LogP contribution in [0.5, 0.6) is 0 Å². The number of carboxylic acid groups (broad SMARTS) is 1. The molecule has 11 heteroatoms. The number of benzene rings is 2. The Bertz CT molecular complexity index is 1240. The van der Waals surface area contributed by atoms with Gasteiger partial charge in [-0.1, -0.05) is 62.2 Å². The Kier molecular flexibility index (Phi) is 7.88. The van der Waals surface area contributed by atoms with Crippen LogP contribution in [0.2, 0.25) is 10.0 Å². The predicted octanol–water partition coefficient (Wildman–Crippen LogP) is 4.21. The number of anilines is 1. The van der Waals surface area contributed by atoms with Crippen LogP contribution in [-0.4, -0.2) is 61.7 Å². The Morgan fingerprint density at radius 3 is 2.34 bits per heavy atom. The number of fused-ring (bicyclic) bond motifs is 1. The fourth-order valence-electron chi connectivity index (χ4n) is 3.99. The summed E-state index contributed by atoms with van der Waals surface area (Å²) in [6.07, 6.45) is -1.80. The quantitative estimate of drug-likeness (QED) is 0.586. The molecule has 2 aromatic carbocycles.